The Balaban J connectivity index is 2.51. The summed E-state index contributed by atoms with van der Waals surface area (Å²) in [6.45, 7) is 5.38. The molecule has 0 fully saturated rings. The fourth-order valence-electron chi connectivity index (χ4n) is 1.80. The summed E-state index contributed by atoms with van der Waals surface area (Å²) in [4.78, 5) is 12.3. The minimum absolute atomic E-state index is 0.306. The zero-order valence-corrected chi connectivity index (χ0v) is 15.0. The van der Waals surface area contributed by atoms with Gasteiger partial charge in [0.25, 0.3) is 0 Å². The van der Waals surface area contributed by atoms with Crippen LogP contribution in [0.5, 0.6) is 0 Å². The Bertz CT molecular complexity index is 689. The summed E-state index contributed by atoms with van der Waals surface area (Å²) in [7, 11) is 0. The number of ether oxygens (including phenoxy) is 1. The van der Waals surface area contributed by atoms with Crippen LogP contribution in [0.4, 0.5) is 9.18 Å². The molecule has 0 unspecified atom stereocenters. The number of nitrogens with zero attached hydrogens (tertiary/aromatic N) is 1. The summed E-state index contributed by atoms with van der Waals surface area (Å²) in [5.41, 5.74) is 0.513. The Morgan fingerprint density at radius 3 is 2.57 bits per heavy atom. The summed E-state index contributed by atoms with van der Waals surface area (Å²) in [6, 6.07) is 6.42. The summed E-state index contributed by atoms with van der Waals surface area (Å²) < 4.78 is 21.4. The van der Waals surface area contributed by atoms with Gasteiger partial charge >= 0.3 is 6.09 Å². The van der Waals surface area contributed by atoms with Gasteiger partial charge in [-0.1, -0.05) is 12.1 Å². The molecule has 0 aliphatic rings. The van der Waals surface area contributed by atoms with Gasteiger partial charge < -0.3 is 4.74 Å². The first-order valence-corrected chi connectivity index (χ1v) is 7.83. The van der Waals surface area contributed by atoms with Crippen molar-refractivity contribution >= 4 is 38.0 Å². The first-order valence-electron chi connectivity index (χ1n) is 6.24. The molecule has 0 aliphatic heterocycles. The Morgan fingerprint density at radius 1 is 1.29 bits per heavy atom. The minimum atomic E-state index is -0.607. The maximum Gasteiger partial charge on any atom is 0.419 e. The molecule has 0 bridgehead atoms. The summed E-state index contributed by atoms with van der Waals surface area (Å²) in [6.07, 6.45) is 1.08. The van der Waals surface area contributed by atoms with Gasteiger partial charge in [0.15, 0.2) is 0 Å². The summed E-state index contributed by atoms with van der Waals surface area (Å²) in [5.74, 6) is -0.388. The third-order valence-electron chi connectivity index (χ3n) is 2.60. The van der Waals surface area contributed by atoms with Crippen molar-refractivity contribution in [3.63, 3.8) is 0 Å². The standard InChI is InChI=1S/C15H14Br2FNO2/c1-15(2,3)21-14(20)19-8-9(16)7-12(19)10-5-4-6-11(18)13(10)17/h4-8H,1-3H3. The van der Waals surface area contributed by atoms with Crippen LogP contribution < -0.4 is 0 Å². The average Bonchev–Trinajstić information content (AvgIpc) is 2.73. The van der Waals surface area contributed by atoms with Crippen LogP contribution in [-0.4, -0.2) is 16.3 Å². The van der Waals surface area contributed by atoms with Crippen molar-refractivity contribution in [1.29, 1.82) is 0 Å². The maximum atomic E-state index is 13.7. The predicted molar refractivity (Wildman–Crippen MR) is 86.9 cm³/mol. The van der Waals surface area contributed by atoms with E-state index in [0.29, 0.717) is 20.2 Å². The van der Waals surface area contributed by atoms with Crippen LogP contribution in [0.15, 0.2) is 39.4 Å². The highest BCUT2D eigenvalue weighted by molar-refractivity contribution is 9.10. The number of halogens is 3. The van der Waals surface area contributed by atoms with Crippen LogP contribution in [0.3, 0.4) is 0 Å². The number of carbonyl (C=O) groups is 1. The lowest BCUT2D eigenvalue weighted by Crippen LogP contribution is -2.27. The molecular formula is C15H14Br2FNO2. The van der Waals surface area contributed by atoms with E-state index in [0.717, 1.165) is 0 Å². The molecule has 0 N–H and O–H groups in total. The Kier molecular flexibility index (Phi) is 4.58. The van der Waals surface area contributed by atoms with Crippen molar-refractivity contribution in [3.8, 4) is 11.3 Å². The molecule has 3 nitrogen and oxygen atoms in total. The zero-order chi connectivity index (χ0) is 15.8. The van der Waals surface area contributed by atoms with Crippen LogP contribution in [0, 0.1) is 5.82 Å². The van der Waals surface area contributed by atoms with Gasteiger partial charge in [-0.05, 0) is 64.8 Å². The molecule has 0 spiro atoms. The van der Waals surface area contributed by atoms with Crippen LogP contribution in [0.25, 0.3) is 11.3 Å². The number of carbonyl (C=O) groups excluding carboxylic acids is 1. The third-order valence-corrected chi connectivity index (χ3v) is 3.84. The monoisotopic (exact) mass is 417 g/mol. The Labute approximate surface area is 139 Å². The molecule has 1 aromatic carbocycles. The SMILES string of the molecule is CC(C)(C)OC(=O)n1cc(Br)cc1-c1cccc(F)c1Br. The van der Waals surface area contributed by atoms with Crippen LogP contribution in [0.2, 0.25) is 0 Å². The maximum absolute atomic E-state index is 13.7. The highest BCUT2D eigenvalue weighted by atomic mass is 79.9. The Hall–Kier alpha value is -1.14. The lowest BCUT2D eigenvalue weighted by molar-refractivity contribution is 0.0540. The average molecular weight is 419 g/mol. The topological polar surface area (TPSA) is 31.2 Å². The molecule has 2 aromatic rings. The van der Waals surface area contributed by atoms with E-state index >= 15 is 0 Å². The molecule has 6 heteroatoms. The second-order valence-corrected chi connectivity index (χ2v) is 7.20. The van der Waals surface area contributed by atoms with Crippen LogP contribution in [-0.2, 0) is 4.74 Å². The number of hydrogen-bond donors (Lipinski definition) is 0. The first-order chi connectivity index (χ1) is 9.69. The zero-order valence-electron chi connectivity index (χ0n) is 11.8. The van der Waals surface area contributed by atoms with Crippen molar-refractivity contribution in [2.24, 2.45) is 0 Å². The van der Waals surface area contributed by atoms with Gasteiger partial charge in [-0.2, -0.15) is 0 Å². The van der Waals surface area contributed by atoms with Crippen LogP contribution >= 0.6 is 31.9 Å². The van der Waals surface area contributed by atoms with E-state index in [1.54, 1.807) is 45.2 Å². The van der Waals surface area contributed by atoms with Crippen molar-refractivity contribution in [2.75, 3.05) is 0 Å². The van der Waals surface area contributed by atoms with Gasteiger partial charge in [0.05, 0.1) is 10.2 Å². The van der Waals surface area contributed by atoms with E-state index in [4.69, 9.17) is 4.74 Å². The molecule has 112 valence electrons. The third kappa shape index (κ3) is 3.74. The van der Waals surface area contributed by atoms with Gasteiger partial charge in [0.2, 0.25) is 0 Å². The molecule has 1 heterocycles. The van der Waals surface area contributed by atoms with Gasteiger partial charge in [-0.15, -0.1) is 0 Å². The molecular weight excluding hydrogens is 405 g/mol. The molecule has 0 saturated carbocycles. The van der Waals surface area contributed by atoms with E-state index < -0.39 is 11.7 Å². The smallest absolute Gasteiger partial charge is 0.419 e. The fourth-order valence-corrected chi connectivity index (χ4v) is 2.69. The van der Waals surface area contributed by atoms with Gasteiger partial charge in [0, 0.05) is 16.2 Å². The number of rotatable bonds is 1. The lowest BCUT2D eigenvalue weighted by Gasteiger charge is -2.20. The highest BCUT2D eigenvalue weighted by Crippen LogP contribution is 2.33. The van der Waals surface area contributed by atoms with E-state index in [-0.39, 0.29) is 5.82 Å². The Morgan fingerprint density at radius 2 is 1.95 bits per heavy atom. The van der Waals surface area contributed by atoms with Crippen molar-refractivity contribution in [1.82, 2.24) is 4.57 Å². The lowest BCUT2D eigenvalue weighted by atomic mass is 10.1. The largest absolute Gasteiger partial charge is 0.443 e. The molecule has 0 amide bonds. The van der Waals surface area contributed by atoms with E-state index in [2.05, 4.69) is 31.9 Å². The van der Waals surface area contributed by atoms with E-state index in [1.807, 2.05) is 0 Å². The summed E-state index contributed by atoms with van der Waals surface area (Å²) in [5, 5.41) is 0. The van der Waals surface area contributed by atoms with Gasteiger partial charge in [0.1, 0.15) is 11.4 Å². The van der Waals surface area contributed by atoms with Crippen molar-refractivity contribution < 1.29 is 13.9 Å². The fraction of sp³-hybridized carbons (Fsp3) is 0.267. The van der Waals surface area contributed by atoms with Crippen LogP contribution in [0.1, 0.15) is 20.8 Å². The first kappa shape index (κ1) is 16.2. The second kappa shape index (κ2) is 5.93. The normalized spacial score (nSPS) is 11.5. The minimum Gasteiger partial charge on any atom is -0.443 e. The molecule has 2 rings (SSSR count). The van der Waals surface area contributed by atoms with Gasteiger partial charge in [-0.3, -0.25) is 4.57 Å². The molecule has 0 aliphatic carbocycles. The quantitative estimate of drug-likeness (QED) is 0.603. The van der Waals surface area contributed by atoms with Crippen molar-refractivity contribution in [2.45, 2.75) is 26.4 Å². The highest BCUT2D eigenvalue weighted by Gasteiger charge is 2.22. The number of hydrogen-bond acceptors (Lipinski definition) is 2. The van der Waals surface area contributed by atoms with Gasteiger partial charge in [-0.25, -0.2) is 9.18 Å². The second-order valence-electron chi connectivity index (χ2n) is 5.50. The van der Waals surface area contributed by atoms with E-state index in [9.17, 15) is 9.18 Å². The predicted octanol–water partition coefficient (Wildman–Crippen LogP) is 5.60. The molecule has 1 aromatic heterocycles. The molecule has 21 heavy (non-hydrogen) atoms. The van der Waals surface area contributed by atoms with E-state index in [1.165, 1.54) is 10.6 Å². The van der Waals surface area contributed by atoms with Crippen molar-refractivity contribution in [3.05, 3.63) is 45.2 Å². The summed E-state index contributed by atoms with van der Waals surface area (Å²) >= 11 is 6.55. The number of benzene rings is 1. The number of aromatic nitrogens is 1. The molecule has 0 saturated heterocycles. The molecule has 0 atom stereocenters. The molecule has 0 radical (unpaired) electrons.